The van der Waals surface area contributed by atoms with Crippen LogP contribution in [0.1, 0.15) is 40.9 Å². The molecule has 1 aliphatic heterocycles. The molecule has 2 aromatic carbocycles. The molecule has 0 fully saturated rings. The average Bonchev–Trinajstić information content (AvgIpc) is 3.00. The third-order valence-electron chi connectivity index (χ3n) is 7.34. The van der Waals surface area contributed by atoms with Gasteiger partial charge in [0.1, 0.15) is 11.9 Å². The maximum Gasteiger partial charge on any atom is 0.416 e. The molecule has 3 aromatic rings. The molecule has 2 amide bonds. The highest BCUT2D eigenvalue weighted by Gasteiger charge is 2.32. The molecule has 0 saturated heterocycles. The van der Waals surface area contributed by atoms with Crippen molar-refractivity contribution in [3.8, 4) is 5.75 Å². The van der Waals surface area contributed by atoms with Gasteiger partial charge in [0, 0.05) is 54.8 Å². The number of fused-ring (bicyclic) bond motifs is 1. The minimum absolute atomic E-state index is 0.0134. The lowest BCUT2D eigenvalue weighted by molar-refractivity contribution is -0.137. The number of hydrogen-bond donors (Lipinski definition) is 2. The number of nitrogens with one attached hydrogen (secondary N) is 1. The van der Waals surface area contributed by atoms with Crippen molar-refractivity contribution in [3.05, 3.63) is 89.2 Å². The van der Waals surface area contributed by atoms with E-state index in [1.807, 2.05) is 18.9 Å². The molecule has 224 valence electrons. The van der Waals surface area contributed by atoms with E-state index in [4.69, 9.17) is 4.74 Å². The summed E-state index contributed by atoms with van der Waals surface area (Å²) in [5.41, 5.74) is 1.55. The first kappa shape index (κ1) is 31.0. The first-order valence-electron chi connectivity index (χ1n) is 13.7. The Kier molecular flexibility index (Phi) is 9.85. The van der Waals surface area contributed by atoms with Crippen LogP contribution in [0.2, 0.25) is 0 Å². The summed E-state index contributed by atoms with van der Waals surface area (Å²) in [6, 6.07) is 13.0. The Hall–Kier alpha value is -3.96. The van der Waals surface area contributed by atoms with Crippen molar-refractivity contribution in [1.29, 1.82) is 0 Å². The molecule has 1 aromatic heterocycles. The Morgan fingerprint density at radius 1 is 1.17 bits per heavy atom. The molecule has 0 aliphatic carbocycles. The minimum atomic E-state index is -4.39. The molecule has 0 radical (unpaired) electrons. The SMILES string of the molecule is C[C@@H]1CN([C@H](C)CO)C(=O)Cc2cc(NC(=O)c3ccncc3)ccc2O[C@H]1CN(C)Cc1ccc(C(F)(F)F)cc1. The van der Waals surface area contributed by atoms with Crippen molar-refractivity contribution in [2.75, 3.05) is 32.1 Å². The number of nitrogens with zero attached hydrogens (tertiary/aromatic N) is 3. The lowest BCUT2D eigenvalue weighted by Crippen LogP contribution is -2.47. The maximum absolute atomic E-state index is 13.4. The van der Waals surface area contributed by atoms with Crippen LogP contribution >= 0.6 is 0 Å². The Bertz CT molecular complexity index is 1370. The highest BCUT2D eigenvalue weighted by atomic mass is 19.4. The lowest BCUT2D eigenvalue weighted by atomic mass is 10.0. The molecule has 11 heteroatoms. The first-order chi connectivity index (χ1) is 19.9. The van der Waals surface area contributed by atoms with Crippen LogP contribution in [0, 0.1) is 5.92 Å². The molecular weight excluding hydrogens is 549 g/mol. The zero-order chi connectivity index (χ0) is 30.4. The number of pyridine rings is 1. The molecule has 3 atom stereocenters. The second-order valence-corrected chi connectivity index (χ2v) is 10.8. The number of anilines is 1. The number of rotatable bonds is 8. The standard InChI is InChI=1S/C31H35F3N4O4/c1-20-16-38(21(2)19-39)29(40)15-24-14-26(36-30(41)23-10-12-35-13-11-23)8-9-27(24)42-28(20)18-37(3)17-22-4-6-25(7-5-22)31(32,33)34/h4-14,20-21,28,39H,15-19H2,1-3H3,(H,36,41)/t20-,21-,28+/m1/s1. The predicted molar refractivity (Wildman–Crippen MR) is 152 cm³/mol. The molecule has 0 bridgehead atoms. The normalized spacial score (nSPS) is 18.4. The van der Waals surface area contributed by atoms with E-state index in [-0.39, 0.29) is 36.9 Å². The van der Waals surface area contributed by atoms with Crippen molar-refractivity contribution in [3.63, 3.8) is 0 Å². The Morgan fingerprint density at radius 3 is 2.50 bits per heavy atom. The van der Waals surface area contributed by atoms with E-state index < -0.39 is 17.8 Å². The molecule has 0 spiro atoms. The summed E-state index contributed by atoms with van der Waals surface area (Å²) in [4.78, 5) is 33.7. The smallest absolute Gasteiger partial charge is 0.416 e. The number of likely N-dealkylation sites (N-methyl/N-ethyl adjacent to an activating group) is 1. The highest BCUT2D eigenvalue weighted by Crippen LogP contribution is 2.31. The first-order valence-corrected chi connectivity index (χ1v) is 13.7. The van der Waals surface area contributed by atoms with E-state index >= 15 is 0 Å². The number of aliphatic hydroxyl groups excluding tert-OH is 1. The zero-order valence-electron chi connectivity index (χ0n) is 23.8. The molecule has 4 rings (SSSR count). The van der Waals surface area contributed by atoms with Gasteiger partial charge in [-0.15, -0.1) is 0 Å². The van der Waals surface area contributed by atoms with Crippen LogP contribution in [0.25, 0.3) is 0 Å². The van der Waals surface area contributed by atoms with Crippen molar-refractivity contribution >= 4 is 17.5 Å². The fourth-order valence-corrected chi connectivity index (χ4v) is 4.91. The largest absolute Gasteiger partial charge is 0.488 e. The topological polar surface area (TPSA) is 95.0 Å². The van der Waals surface area contributed by atoms with E-state index in [0.717, 1.165) is 17.7 Å². The molecule has 0 unspecified atom stereocenters. The van der Waals surface area contributed by atoms with Gasteiger partial charge in [-0.2, -0.15) is 13.2 Å². The molecule has 8 nitrogen and oxygen atoms in total. The summed E-state index contributed by atoms with van der Waals surface area (Å²) in [6.07, 6.45) is -1.72. The van der Waals surface area contributed by atoms with Gasteiger partial charge in [0.25, 0.3) is 5.91 Å². The third-order valence-corrected chi connectivity index (χ3v) is 7.34. The quantitative estimate of drug-likeness (QED) is 0.401. The molecule has 42 heavy (non-hydrogen) atoms. The van der Waals surface area contributed by atoms with E-state index in [1.54, 1.807) is 42.2 Å². The van der Waals surface area contributed by atoms with Gasteiger partial charge in [-0.1, -0.05) is 19.1 Å². The van der Waals surface area contributed by atoms with E-state index in [0.29, 0.717) is 42.2 Å². The van der Waals surface area contributed by atoms with Crippen molar-refractivity contribution in [2.45, 2.75) is 45.1 Å². The average molecular weight is 585 g/mol. The van der Waals surface area contributed by atoms with Crippen LogP contribution in [0.3, 0.4) is 0 Å². The minimum Gasteiger partial charge on any atom is -0.488 e. The number of carbonyl (C=O) groups excluding carboxylic acids is 2. The van der Waals surface area contributed by atoms with Gasteiger partial charge in [-0.25, -0.2) is 0 Å². The van der Waals surface area contributed by atoms with E-state index in [2.05, 4.69) is 10.3 Å². The van der Waals surface area contributed by atoms with Gasteiger partial charge in [-0.05, 0) is 62.0 Å². The summed E-state index contributed by atoms with van der Waals surface area (Å²) in [7, 11) is 1.86. The summed E-state index contributed by atoms with van der Waals surface area (Å²) in [5.74, 6) is -0.136. The summed E-state index contributed by atoms with van der Waals surface area (Å²) in [5, 5.41) is 12.7. The number of halogens is 3. The number of ether oxygens (including phenoxy) is 1. The van der Waals surface area contributed by atoms with Crippen LogP contribution in [0.15, 0.2) is 67.0 Å². The molecular formula is C31H35F3N4O4. The Balaban J connectivity index is 1.57. The van der Waals surface area contributed by atoms with E-state index in [9.17, 15) is 27.9 Å². The number of benzene rings is 2. The number of hydrogen-bond acceptors (Lipinski definition) is 6. The maximum atomic E-state index is 13.4. The number of amides is 2. The summed E-state index contributed by atoms with van der Waals surface area (Å²) in [6.45, 7) is 4.72. The second kappa shape index (κ2) is 13.3. The van der Waals surface area contributed by atoms with Gasteiger partial charge in [-0.3, -0.25) is 19.5 Å². The third kappa shape index (κ3) is 7.86. The van der Waals surface area contributed by atoms with Gasteiger partial charge in [0.15, 0.2) is 0 Å². The predicted octanol–water partition coefficient (Wildman–Crippen LogP) is 4.63. The zero-order valence-corrected chi connectivity index (χ0v) is 23.8. The fraction of sp³-hybridized carbons (Fsp3) is 0.387. The summed E-state index contributed by atoms with van der Waals surface area (Å²) >= 11 is 0. The van der Waals surface area contributed by atoms with Crippen LogP contribution in [0.4, 0.5) is 18.9 Å². The molecule has 1 aliphatic rings. The molecule has 2 heterocycles. The van der Waals surface area contributed by atoms with Gasteiger partial charge >= 0.3 is 6.18 Å². The molecule has 0 saturated carbocycles. The van der Waals surface area contributed by atoms with Crippen molar-refractivity contribution < 1.29 is 32.6 Å². The Morgan fingerprint density at radius 2 is 1.86 bits per heavy atom. The fourth-order valence-electron chi connectivity index (χ4n) is 4.91. The van der Waals surface area contributed by atoms with Crippen LogP contribution in [-0.4, -0.2) is 70.6 Å². The van der Waals surface area contributed by atoms with Crippen LogP contribution in [-0.2, 0) is 23.9 Å². The van der Waals surface area contributed by atoms with Gasteiger partial charge in [0.2, 0.25) is 5.91 Å². The number of aliphatic hydroxyl groups is 1. The van der Waals surface area contributed by atoms with Crippen LogP contribution in [0.5, 0.6) is 5.75 Å². The number of alkyl halides is 3. The van der Waals surface area contributed by atoms with E-state index in [1.165, 1.54) is 24.5 Å². The highest BCUT2D eigenvalue weighted by molar-refractivity contribution is 6.04. The van der Waals surface area contributed by atoms with Crippen molar-refractivity contribution in [1.82, 2.24) is 14.8 Å². The van der Waals surface area contributed by atoms with Crippen molar-refractivity contribution in [2.24, 2.45) is 5.92 Å². The van der Waals surface area contributed by atoms with Crippen LogP contribution < -0.4 is 10.1 Å². The summed E-state index contributed by atoms with van der Waals surface area (Å²) < 4.78 is 45.4. The molecule has 2 N–H and O–H groups in total. The number of carbonyl (C=O) groups is 2. The number of aromatic nitrogens is 1. The van der Waals surface area contributed by atoms with Gasteiger partial charge in [0.05, 0.1) is 24.6 Å². The van der Waals surface area contributed by atoms with Gasteiger partial charge < -0.3 is 20.1 Å². The Labute approximate surface area is 243 Å². The second-order valence-electron chi connectivity index (χ2n) is 10.8. The lowest BCUT2D eigenvalue weighted by Gasteiger charge is -2.34. The monoisotopic (exact) mass is 584 g/mol.